The molecule has 90 valence electrons. The summed E-state index contributed by atoms with van der Waals surface area (Å²) in [5.74, 6) is 0.0287. The highest BCUT2D eigenvalue weighted by Gasteiger charge is 2.34. The van der Waals surface area contributed by atoms with E-state index in [1.54, 1.807) is 0 Å². The second kappa shape index (κ2) is 4.18. The highest BCUT2D eigenvalue weighted by atomic mass is 35.5. The molecule has 1 amide bonds. The van der Waals surface area contributed by atoms with Crippen LogP contribution in [0.4, 0.5) is 0 Å². The van der Waals surface area contributed by atoms with Crippen molar-refractivity contribution in [3.8, 4) is 0 Å². The number of fused-ring (bicyclic) bond motifs is 3. The number of carbonyl (C=O) groups is 1. The van der Waals surface area contributed by atoms with E-state index in [9.17, 15) is 4.79 Å². The molecule has 1 N–H and O–H groups in total. The van der Waals surface area contributed by atoms with Crippen molar-refractivity contribution in [3.05, 3.63) is 33.3 Å². The van der Waals surface area contributed by atoms with Gasteiger partial charge in [0.1, 0.15) is 0 Å². The number of rotatable bonds is 0. The highest BCUT2D eigenvalue weighted by Crippen LogP contribution is 2.40. The summed E-state index contributed by atoms with van der Waals surface area (Å²) in [7, 11) is 0. The van der Waals surface area contributed by atoms with E-state index >= 15 is 0 Å². The molecule has 2 aliphatic rings. The maximum atomic E-state index is 11.5. The SMILES string of the molecule is [2H]C1CC(=O)NC2CCc3cc(Cl)c(Cl)cc3C12. The summed E-state index contributed by atoms with van der Waals surface area (Å²) in [5, 5.41) is 4.08. The molecule has 1 aliphatic heterocycles. The van der Waals surface area contributed by atoms with Gasteiger partial charge in [-0.25, -0.2) is 0 Å². The predicted molar refractivity (Wildman–Crippen MR) is 68.7 cm³/mol. The van der Waals surface area contributed by atoms with E-state index in [4.69, 9.17) is 24.6 Å². The number of nitrogens with one attached hydrogen (secondary N) is 1. The number of hydrogen-bond donors (Lipinski definition) is 1. The molecule has 1 aliphatic carbocycles. The number of benzene rings is 1. The molecule has 0 aromatic heterocycles. The third kappa shape index (κ3) is 1.94. The van der Waals surface area contributed by atoms with Crippen molar-refractivity contribution >= 4 is 29.1 Å². The van der Waals surface area contributed by atoms with E-state index in [0.717, 1.165) is 18.4 Å². The summed E-state index contributed by atoms with van der Waals surface area (Å²) in [4.78, 5) is 11.5. The Morgan fingerprint density at radius 2 is 2.06 bits per heavy atom. The third-order valence-corrected chi connectivity index (χ3v) is 4.33. The summed E-state index contributed by atoms with van der Waals surface area (Å²) >= 11 is 12.1. The van der Waals surface area contributed by atoms with Crippen LogP contribution >= 0.6 is 23.2 Å². The minimum atomic E-state index is -0.389. The number of aryl methyl sites for hydroxylation is 1. The number of hydrogen-bond acceptors (Lipinski definition) is 1. The van der Waals surface area contributed by atoms with Gasteiger partial charge in [0.25, 0.3) is 0 Å². The molecule has 0 spiro atoms. The van der Waals surface area contributed by atoms with Gasteiger partial charge in [-0.2, -0.15) is 0 Å². The molecule has 1 fully saturated rings. The Labute approximate surface area is 112 Å². The van der Waals surface area contributed by atoms with Gasteiger partial charge in [-0.05, 0) is 42.5 Å². The molecule has 2 nitrogen and oxygen atoms in total. The van der Waals surface area contributed by atoms with E-state index in [2.05, 4.69) is 5.32 Å². The Bertz CT molecular complexity index is 520. The van der Waals surface area contributed by atoms with Crippen LogP contribution in [0.3, 0.4) is 0 Å². The van der Waals surface area contributed by atoms with Crippen LogP contribution in [0, 0.1) is 0 Å². The molecule has 1 saturated heterocycles. The van der Waals surface area contributed by atoms with Crippen molar-refractivity contribution < 1.29 is 6.17 Å². The van der Waals surface area contributed by atoms with Crippen LogP contribution in [0.1, 0.15) is 37.7 Å². The lowest BCUT2D eigenvalue weighted by Gasteiger charge is -2.37. The predicted octanol–water partition coefficient (Wildman–Crippen LogP) is 3.30. The van der Waals surface area contributed by atoms with Crippen LogP contribution < -0.4 is 5.32 Å². The zero-order valence-corrected chi connectivity index (χ0v) is 10.7. The van der Waals surface area contributed by atoms with Crippen molar-refractivity contribution in [1.82, 2.24) is 5.32 Å². The maximum absolute atomic E-state index is 11.5. The monoisotopic (exact) mass is 270 g/mol. The summed E-state index contributed by atoms with van der Waals surface area (Å²) in [6.07, 6.45) is 1.62. The van der Waals surface area contributed by atoms with Gasteiger partial charge in [-0.3, -0.25) is 4.79 Å². The van der Waals surface area contributed by atoms with Crippen molar-refractivity contribution in [3.63, 3.8) is 0 Å². The van der Waals surface area contributed by atoms with Crippen LogP contribution in [0.5, 0.6) is 0 Å². The van der Waals surface area contributed by atoms with Crippen molar-refractivity contribution in [1.29, 1.82) is 0 Å². The summed E-state index contributed by atoms with van der Waals surface area (Å²) in [6.45, 7) is 0. The van der Waals surface area contributed by atoms with E-state index in [1.807, 2.05) is 12.1 Å². The Kier molecular flexibility index (Phi) is 2.51. The Balaban J connectivity index is 2.06. The van der Waals surface area contributed by atoms with Gasteiger partial charge in [0.05, 0.1) is 10.0 Å². The van der Waals surface area contributed by atoms with Crippen molar-refractivity contribution in [2.75, 3.05) is 0 Å². The average Bonchev–Trinajstić information content (AvgIpc) is 2.30. The largest absolute Gasteiger partial charge is 0.353 e. The minimum Gasteiger partial charge on any atom is -0.353 e. The molecule has 0 radical (unpaired) electrons. The van der Waals surface area contributed by atoms with Gasteiger partial charge in [0.2, 0.25) is 5.91 Å². The number of halogens is 2. The van der Waals surface area contributed by atoms with Gasteiger partial charge in [0, 0.05) is 19.8 Å². The normalized spacial score (nSPS) is 32.2. The molecule has 1 aromatic rings. The first-order valence-corrected chi connectivity index (χ1v) is 6.51. The molecular formula is C13H13Cl2NO. The molecule has 3 atom stereocenters. The van der Waals surface area contributed by atoms with Gasteiger partial charge >= 0.3 is 0 Å². The summed E-state index contributed by atoms with van der Waals surface area (Å²) in [5.41, 5.74) is 2.25. The van der Waals surface area contributed by atoms with E-state index in [0.29, 0.717) is 10.0 Å². The molecule has 0 saturated carbocycles. The lowest BCUT2D eigenvalue weighted by Crippen LogP contribution is -2.45. The van der Waals surface area contributed by atoms with Crippen molar-refractivity contribution in [2.45, 2.75) is 37.6 Å². The first kappa shape index (κ1) is 10.2. The molecule has 3 rings (SSSR count). The average molecular weight is 271 g/mol. The van der Waals surface area contributed by atoms with Crippen LogP contribution in [0.25, 0.3) is 0 Å². The van der Waals surface area contributed by atoms with Gasteiger partial charge in [-0.1, -0.05) is 23.2 Å². The second-order valence-corrected chi connectivity index (χ2v) is 5.46. The molecule has 17 heavy (non-hydrogen) atoms. The first-order valence-electron chi connectivity index (χ1n) is 6.33. The fourth-order valence-electron chi connectivity index (χ4n) is 2.79. The lowest BCUT2D eigenvalue weighted by molar-refractivity contribution is -0.123. The van der Waals surface area contributed by atoms with Crippen molar-refractivity contribution in [2.24, 2.45) is 0 Å². The zero-order valence-electron chi connectivity index (χ0n) is 10.2. The highest BCUT2D eigenvalue weighted by molar-refractivity contribution is 6.42. The maximum Gasteiger partial charge on any atom is 0.220 e. The topological polar surface area (TPSA) is 29.1 Å². The van der Waals surface area contributed by atoms with E-state index in [1.165, 1.54) is 5.56 Å². The third-order valence-electron chi connectivity index (χ3n) is 3.60. The molecule has 1 aromatic carbocycles. The van der Waals surface area contributed by atoms with E-state index in [-0.39, 0.29) is 30.7 Å². The molecule has 3 unspecified atom stereocenters. The zero-order chi connectivity index (χ0) is 12.9. The molecular weight excluding hydrogens is 257 g/mol. The number of amides is 1. The fourth-order valence-corrected chi connectivity index (χ4v) is 3.15. The first-order chi connectivity index (χ1) is 8.56. The standard InChI is InChI=1S/C13H13Cl2NO/c14-10-5-7-1-3-12-8(2-4-13(17)16-12)9(7)6-11(10)15/h5-6,8,12H,1-4H2,(H,16,17)/i2D. The number of piperidine rings is 1. The van der Waals surface area contributed by atoms with Crippen LogP contribution in [0.2, 0.25) is 10.0 Å². The van der Waals surface area contributed by atoms with E-state index < -0.39 is 0 Å². The summed E-state index contributed by atoms with van der Waals surface area (Å²) < 4.78 is 8.15. The molecule has 1 heterocycles. The van der Waals surface area contributed by atoms with Gasteiger partial charge in [-0.15, -0.1) is 0 Å². The molecule has 0 bridgehead atoms. The fraction of sp³-hybridized carbons (Fsp3) is 0.462. The summed E-state index contributed by atoms with van der Waals surface area (Å²) in [6, 6.07) is 3.84. The van der Waals surface area contributed by atoms with Gasteiger partial charge in [0.15, 0.2) is 0 Å². The van der Waals surface area contributed by atoms with Crippen LogP contribution in [0.15, 0.2) is 12.1 Å². The number of carbonyl (C=O) groups excluding carboxylic acids is 1. The Morgan fingerprint density at radius 3 is 2.88 bits per heavy atom. The Morgan fingerprint density at radius 1 is 1.29 bits per heavy atom. The molecule has 4 heteroatoms. The second-order valence-electron chi connectivity index (χ2n) is 4.64. The van der Waals surface area contributed by atoms with Crippen LogP contribution in [-0.4, -0.2) is 11.9 Å². The minimum absolute atomic E-state index is 0.0141. The lowest BCUT2D eigenvalue weighted by atomic mass is 9.75. The van der Waals surface area contributed by atoms with Gasteiger partial charge < -0.3 is 5.32 Å². The van der Waals surface area contributed by atoms with Crippen LogP contribution in [-0.2, 0) is 11.2 Å². The quantitative estimate of drug-likeness (QED) is 0.770. The Hall–Kier alpha value is -0.730. The smallest absolute Gasteiger partial charge is 0.220 e.